The Morgan fingerprint density at radius 1 is 1.25 bits per heavy atom. The van der Waals surface area contributed by atoms with Crippen molar-refractivity contribution < 1.29 is 27.8 Å². The van der Waals surface area contributed by atoms with Crippen LogP contribution in [0.5, 0.6) is 0 Å². The van der Waals surface area contributed by atoms with Gasteiger partial charge >= 0.3 is 5.97 Å². The van der Waals surface area contributed by atoms with Crippen molar-refractivity contribution in [2.45, 2.75) is 32.8 Å². The highest BCUT2D eigenvalue weighted by molar-refractivity contribution is 5.73. The molecule has 1 rings (SSSR count). The maximum atomic E-state index is 13.2. The number of aliphatic hydroxyl groups is 1. The molecule has 1 aromatic rings. The highest BCUT2D eigenvalue weighted by atomic mass is 19.2. The van der Waals surface area contributed by atoms with Gasteiger partial charge in [-0.05, 0) is 31.0 Å². The van der Waals surface area contributed by atoms with Gasteiger partial charge in [-0.15, -0.1) is 0 Å². The van der Waals surface area contributed by atoms with Gasteiger partial charge in [0.25, 0.3) is 0 Å². The van der Waals surface area contributed by atoms with Gasteiger partial charge in [0.05, 0.1) is 18.6 Å². The molecular weight excluding hydrogens is 273 g/mol. The molecule has 112 valence electrons. The predicted octanol–water partition coefficient (Wildman–Crippen LogP) is 3.12. The van der Waals surface area contributed by atoms with E-state index in [0.717, 1.165) is 0 Å². The SMILES string of the molecule is CCCC(C(=O)OCC)C(O)c1cc(F)c(F)c(F)c1. The van der Waals surface area contributed by atoms with Gasteiger partial charge in [0.2, 0.25) is 0 Å². The van der Waals surface area contributed by atoms with Crippen LogP contribution in [-0.4, -0.2) is 17.7 Å². The van der Waals surface area contributed by atoms with Crippen LogP contribution in [0.2, 0.25) is 0 Å². The molecule has 0 saturated heterocycles. The van der Waals surface area contributed by atoms with E-state index >= 15 is 0 Å². The van der Waals surface area contributed by atoms with Crippen LogP contribution in [0.1, 0.15) is 38.4 Å². The zero-order valence-corrected chi connectivity index (χ0v) is 11.3. The van der Waals surface area contributed by atoms with E-state index in [1.165, 1.54) is 0 Å². The van der Waals surface area contributed by atoms with Gasteiger partial charge < -0.3 is 9.84 Å². The highest BCUT2D eigenvalue weighted by Gasteiger charge is 2.29. The summed E-state index contributed by atoms with van der Waals surface area (Å²) >= 11 is 0. The molecule has 0 aromatic heterocycles. The molecule has 0 aliphatic rings. The van der Waals surface area contributed by atoms with Crippen molar-refractivity contribution in [2.24, 2.45) is 5.92 Å². The first-order valence-electron chi connectivity index (χ1n) is 6.41. The maximum absolute atomic E-state index is 13.2. The van der Waals surface area contributed by atoms with E-state index in [1.54, 1.807) is 13.8 Å². The first-order chi connectivity index (χ1) is 9.42. The quantitative estimate of drug-likeness (QED) is 0.647. The molecule has 6 heteroatoms. The number of rotatable bonds is 6. The molecule has 2 unspecified atom stereocenters. The molecule has 20 heavy (non-hydrogen) atoms. The van der Waals surface area contributed by atoms with Crippen molar-refractivity contribution in [3.05, 3.63) is 35.1 Å². The molecule has 0 aliphatic carbocycles. The van der Waals surface area contributed by atoms with Gasteiger partial charge in [-0.2, -0.15) is 0 Å². The first-order valence-corrected chi connectivity index (χ1v) is 6.41. The zero-order chi connectivity index (χ0) is 15.3. The first kappa shape index (κ1) is 16.5. The molecule has 0 fully saturated rings. The van der Waals surface area contributed by atoms with Gasteiger partial charge in [-0.3, -0.25) is 4.79 Å². The molecule has 0 aliphatic heterocycles. The summed E-state index contributed by atoms with van der Waals surface area (Å²) in [4.78, 5) is 11.7. The number of halogens is 3. The fourth-order valence-electron chi connectivity index (χ4n) is 1.94. The van der Waals surface area contributed by atoms with Crippen molar-refractivity contribution in [2.75, 3.05) is 6.61 Å². The maximum Gasteiger partial charge on any atom is 0.311 e. The Hall–Kier alpha value is -1.56. The van der Waals surface area contributed by atoms with Crippen molar-refractivity contribution >= 4 is 5.97 Å². The van der Waals surface area contributed by atoms with E-state index in [-0.39, 0.29) is 12.2 Å². The van der Waals surface area contributed by atoms with E-state index < -0.39 is 35.4 Å². The summed E-state index contributed by atoms with van der Waals surface area (Å²) in [5.41, 5.74) is -0.187. The van der Waals surface area contributed by atoms with E-state index in [4.69, 9.17) is 4.74 Å². The highest BCUT2D eigenvalue weighted by Crippen LogP contribution is 2.29. The second kappa shape index (κ2) is 7.28. The molecule has 0 radical (unpaired) electrons. The molecule has 0 spiro atoms. The summed E-state index contributed by atoms with van der Waals surface area (Å²) in [6.45, 7) is 3.55. The van der Waals surface area contributed by atoms with Gasteiger partial charge in [-0.1, -0.05) is 13.3 Å². The fraction of sp³-hybridized carbons (Fsp3) is 0.500. The smallest absolute Gasteiger partial charge is 0.311 e. The Bertz CT molecular complexity index is 454. The monoisotopic (exact) mass is 290 g/mol. The molecule has 0 bridgehead atoms. The molecule has 1 aromatic carbocycles. The summed E-state index contributed by atoms with van der Waals surface area (Å²) in [5, 5.41) is 10.1. The van der Waals surface area contributed by atoms with Gasteiger partial charge in [0, 0.05) is 0 Å². The minimum Gasteiger partial charge on any atom is -0.466 e. The normalized spacial score (nSPS) is 13.9. The number of carbonyl (C=O) groups excluding carboxylic acids is 1. The van der Waals surface area contributed by atoms with Crippen LogP contribution >= 0.6 is 0 Å². The van der Waals surface area contributed by atoms with Crippen molar-refractivity contribution in [1.29, 1.82) is 0 Å². The van der Waals surface area contributed by atoms with Gasteiger partial charge in [0.15, 0.2) is 17.5 Å². The molecule has 0 heterocycles. The van der Waals surface area contributed by atoms with Crippen molar-refractivity contribution in [1.82, 2.24) is 0 Å². The summed E-state index contributed by atoms with van der Waals surface area (Å²) < 4.78 is 44.0. The van der Waals surface area contributed by atoms with Crippen LogP contribution in [0.25, 0.3) is 0 Å². The number of hydrogen-bond donors (Lipinski definition) is 1. The number of esters is 1. The second-order valence-electron chi connectivity index (χ2n) is 4.39. The predicted molar refractivity (Wildman–Crippen MR) is 66.3 cm³/mol. The van der Waals surface area contributed by atoms with Crippen LogP contribution < -0.4 is 0 Å². The van der Waals surface area contributed by atoms with Crippen LogP contribution in [0.15, 0.2) is 12.1 Å². The Labute approximate surface area is 115 Å². The summed E-state index contributed by atoms with van der Waals surface area (Å²) in [6, 6.07) is 1.37. The second-order valence-corrected chi connectivity index (χ2v) is 4.39. The topological polar surface area (TPSA) is 46.5 Å². The molecule has 2 atom stereocenters. The molecule has 1 N–H and O–H groups in total. The minimum atomic E-state index is -1.61. The Morgan fingerprint density at radius 3 is 2.25 bits per heavy atom. The lowest BCUT2D eigenvalue weighted by atomic mass is 9.91. The Morgan fingerprint density at radius 2 is 1.80 bits per heavy atom. The van der Waals surface area contributed by atoms with Crippen molar-refractivity contribution in [3.63, 3.8) is 0 Å². The van der Waals surface area contributed by atoms with Crippen LogP contribution in [0.4, 0.5) is 13.2 Å². The van der Waals surface area contributed by atoms with E-state index in [2.05, 4.69) is 0 Å². The standard InChI is InChI=1S/C14H17F3O3/c1-3-5-9(14(19)20-4-2)13(18)8-6-10(15)12(17)11(16)7-8/h6-7,9,13,18H,3-5H2,1-2H3. The van der Waals surface area contributed by atoms with Crippen LogP contribution in [-0.2, 0) is 9.53 Å². The Kier molecular flexibility index (Phi) is 6.01. The Balaban J connectivity index is 3.05. The lowest BCUT2D eigenvalue weighted by molar-refractivity contribution is -0.152. The number of hydrogen-bond acceptors (Lipinski definition) is 3. The fourth-order valence-corrected chi connectivity index (χ4v) is 1.94. The third-order valence-corrected chi connectivity index (χ3v) is 2.92. The van der Waals surface area contributed by atoms with E-state index in [1.807, 2.05) is 0 Å². The van der Waals surface area contributed by atoms with Crippen molar-refractivity contribution in [3.8, 4) is 0 Å². The molecule has 0 amide bonds. The number of aliphatic hydroxyl groups excluding tert-OH is 1. The largest absolute Gasteiger partial charge is 0.466 e. The third-order valence-electron chi connectivity index (χ3n) is 2.92. The molecular formula is C14H17F3O3. The molecule has 0 saturated carbocycles. The summed E-state index contributed by atoms with van der Waals surface area (Å²) in [5.74, 6) is -6.00. The average molecular weight is 290 g/mol. The van der Waals surface area contributed by atoms with Crippen LogP contribution in [0.3, 0.4) is 0 Å². The number of benzene rings is 1. The number of carbonyl (C=O) groups is 1. The molecule has 3 nitrogen and oxygen atoms in total. The lowest BCUT2D eigenvalue weighted by Gasteiger charge is -2.21. The van der Waals surface area contributed by atoms with E-state index in [0.29, 0.717) is 25.0 Å². The zero-order valence-electron chi connectivity index (χ0n) is 11.3. The number of ether oxygens (including phenoxy) is 1. The summed E-state index contributed by atoms with van der Waals surface area (Å²) in [6.07, 6.45) is -0.577. The van der Waals surface area contributed by atoms with Gasteiger partial charge in [0.1, 0.15) is 0 Å². The van der Waals surface area contributed by atoms with Crippen LogP contribution in [0, 0.1) is 23.4 Å². The summed E-state index contributed by atoms with van der Waals surface area (Å²) in [7, 11) is 0. The van der Waals surface area contributed by atoms with Gasteiger partial charge in [-0.25, -0.2) is 13.2 Å². The minimum absolute atomic E-state index is 0.137. The lowest BCUT2D eigenvalue weighted by Crippen LogP contribution is -2.25. The third kappa shape index (κ3) is 3.72. The average Bonchev–Trinajstić information content (AvgIpc) is 2.41. The van der Waals surface area contributed by atoms with E-state index in [9.17, 15) is 23.1 Å².